The Hall–Kier alpha value is -2.14. The summed E-state index contributed by atoms with van der Waals surface area (Å²) in [5, 5.41) is 18.7. The molecule has 0 aliphatic carbocycles. The van der Waals surface area contributed by atoms with Crippen molar-refractivity contribution in [2.45, 2.75) is 25.6 Å². The molecule has 1 aliphatic rings. The van der Waals surface area contributed by atoms with Crippen LogP contribution in [-0.2, 0) is 16.1 Å². The highest BCUT2D eigenvalue weighted by Gasteiger charge is 2.51. The molecule has 3 atom stereocenters. The van der Waals surface area contributed by atoms with E-state index in [1.54, 1.807) is 0 Å². The van der Waals surface area contributed by atoms with Gasteiger partial charge in [-0.1, -0.05) is 36.9 Å². The van der Waals surface area contributed by atoms with Gasteiger partial charge in [0.25, 0.3) is 0 Å². The van der Waals surface area contributed by atoms with E-state index in [4.69, 9.17) is 5.11 Å². The van der Waals surface area contributed by atoms with Crippen molar-refractivity contribution in [1.29, 1.82) is 0 Å². The Balaban J connectivity index is 2.21. The number of likely N-dealkylation sites (tertiary alicyclic amines) is 1. The molecule has 1 heterocycles. The predicted molar refractivity (Wildman–Crippen MR) is 72.7 cm³/mol. The zero-order chi connectivity index (χ0) is 14.9. The quantitative estimate of drug-likeness (QED) is 0.621. The molecule has 1 fully saturated rings. The molecule has 1 aromatic carbocycles. The zero-order valence-corrected chi connectivity index (χ0v) is 11.2. The summed E-state index contributed by atoms with van der Waals surface area (Å²) in [4.78, 5) is 24.6. The molecule has 0 aromatic heterocycles. The fraction of sp³-hybridized carbons (Fsp3) is 0.333. The number of aliphatic hydroxyl groups excluding tert-OH is 1. The summed E-state index contributed by atoms with van der Waals surface area (Å²) >= 11 is 0. The minimum Gasteiger partial charge on any atom is -0.478 e. The molecule has 2 rings (SSSR count). The Morgan fingerprint density at radius 1 is 1.40 bits per heavy atom. The number of nitrogens with zero attached hydrogens (tertiary/aromatic N) is 1. The van der Waals surface area contributed by atoms with E-state index < -0.39 is 24.0 Å². The Morgan fingerprint density at radius 3 is 2.50 bits per heavy atom. The number of hydrogen-bond donors (Lipinski definition) is 2. The number of carboxylic acid groups (broad SMARTS) is 1. The second-order valence-corrected chi connectivity index (χ2v) is 4.99. The third-order valence-corrected chi connectivity index (χ3v) is 3.59. The molecule has 106 valence electrons. The van der Waals surface area contributed by atoms with Gasteiger partial charge in [0.05, 0.1) is 23.6 Å². The van der Waals surface area contributed by atoms with Gasteiger partial charge in [-0.05, 0) is 12.5 Å². The second-order valence-electron chi connectivity index (χ2n) is 4.99. The van der Waals surface area contributed by atoms with Gasteiger partial charge in [-0.15, -0.1) is 0 Å². The van der Waals surface area contributed by atoms with Crippen LogP contribution in [0.5, 0.6) is 0 Å². The molecule has 5 heteroatoms. The van der Waals surface area contributed by atoms with Crippen molar-refractivity contribution in [3.63, 3.8) is 0 Å². The SMILES string of the molecule is C=C(C(=O)O)C1C(C(C)O)C(=O)N1Cc1ccccc1. The highest BCUT2D eigenvalue weighted by molar-refractivity contribution is 5.95. The van der Waals surface area contributed by atoms with Crippen molar-refractivity contribution in [1.82, 2.24) is 4.90 Å². The fourth-order valence-electron chi connectivity index (χ4n) is 2.53. The number of β-lactam (4-membered cyclic amide) rings is 1. The first-order chi connectivity index (χ1) is 9.43. The molecule has 0 saturated carbocycles. The van der Waals surface area contributed by atoms with Crippen molar-refractivity contribution < 1.29 is 19.8 Å². The molecule has 20 heavy (non-hydrogen) atoms. The topological polar surface area (TPSA) is 77.8 Å². The number of aliphatic carboxylic acids is 1. The highest BCUT2D eigenvalue weighted by atomic mass is 16.4. The lowest BCUT2D eigenvalue weighted by molar-refractivity contribution is -0.163. The molecule has 0 spiro atoms. The molecular formula is C15H17NO4. The summed E-state index contributed by atoms with van der Waals surface area (Å²) in [5.41, 5.74) is 0.847. The molecule has 3 unspecified atom stereocenters. The average Bonchev–Trinajstić information content (AvgIpc) is 2.41. The molecule has 0 bridgehead atoms. The normalized spacial score (nSPS) is 23.1. The van der Waals surface area contributed by atoms with Crippen LogP contribution in [0.25, 0.3) is 0 Å². The van der Waals surface area contributed by atoms with Gasteiger partial charge >= 0.3 is 5.97 Å². The van der Waals surface area contributed by atoms with Gasteiger partial charge in [-0.2, -0.15) is 0 Å². The van der Waals surface area contributed by atoms with Crippen LogP contribution in [0.15, 0.2) is 42.5 Å². The van der Waals surface area contributed by atoms with E-state index in [2.05, 4.69) is 6.58 Å². The van der Waals surface area contributed by atoms with Crippen LogP contribution in [-0.4, -0.2) is 39.1 Å². The van der Waals surface area contributed by atoms with Crippen LogP contribution in [0, 0.1) is 5.92 Å². The number of carboxylic acids is 1. The summed E-state index contributed by atoms with van der Waals surface area (Å²) in [6, 6.07) is 8.65. The number of hydrogen-bond acceptors (Lipinski definition) is 3. The molecule has 1 saturated heterocycles. The maximum absolute atomic E-state index is 12.1. The lowest BCUT2D eigenvalue weighted by Gasteiger charge is -2.48. The van der Waals surface area contributed by atoms with E-state index in [9.17, 15) is 14.7 Å². The number of benzene rings is 1. The first kappa shape index (κ1) is 14.3. The number of carbonyl (C=O) groups is 2. The minimum atomic E-state index is -1.15. The molecule has 1 amide bonds. The zero-order valence-electron chi connectivity index (χ0n) is 11.2. The summed E-state index contributed by atoms with van der Waals surface area (Å²) in [6.07, 6.45) is -0.893. The van der Waals surface area contributed by atoms with E-state index in [1.807, 2.05) is 30.3 Å². The first-order valence-electron chi connectivity index (χ1n) is 6.38. The maximum Gasteiger partial charge on any atom is 0.333 e. The largest absolute Gasteiger partial charge is 0.478 e. The van der Waals surface area contributed by atoms with Gasteiger partial charge in [0, 0.05) is 6.54 Å². The molecular weight excluding hydrogens is 258 g/mol. The van der Waals surface area contributed by atoms with Crippen LogP contribution in [0.3, 0.4) is 0 Å². The van der Waals surface area contributed by atoms with Crippen LogP contribution < -0.4 is 0 Å². The van der Waals surface area contributed by atoms with Gasteiger partial charge < -0.3 is 15.1 Å². The third-order valence-electron chi connectivity index (χ3n) is 3.59. The molecule has 2 N–H and O–H groups in total. The number of aliphatic hydroxyl groups is 1. The van der Waals surface area contributed by atoms with Crippen molar-refractivity contribution in [2.24, 2.45) is 5.92 Å². The molecule has 1 aliphatic heterocycles. The van der Waals surface area contributed by atoms with E-state index in [1.165, 1.54) is 11.8 Å². The molecule has 1 aromatic rings. The van der Waals surface area contributed by atoms with Gasteiger partial charge in [0.15, 0.2) is 0 Å². The van der Waals surface area contributed by atoms with Crippen LogP contribution in [0.1, 0.15) is 12.5 Å². The Labute approximate surface area is 117 Å². The Kier molecular flexibility index (Phi) is 3.90. The fourth-order valence-corrected chi connectivity index (χ4v) is 2.53. The predicted octanol–water partition coefficient (Wildman–Crippen LogP) is 1.04. The lowest BCUT2D eigenvalue weighted by atomic mass is 9.79. The van der Waals surface area contributed by atoms with Gasteiger partial charge in [-0.3, -0.25) is 4.79 Å². The maximum atomic E-state index is 12.1. The molecule has 5 nitrogen and oxygen atoms in total. The number of rotatable bonds is 5. The van der Waals surface area contributed by atoms with Crippen molar-refractivity contribution >= 4 is 11.9 Å². The lowest BCUT2D eigenvalue weighted by Crippen LogP contribution is -2.64. The third kappa shape index (κ3) is 2.44. The van der Waals surface area contributed by atoms with Crippen LogP contribution >= 0.6 is 0 Å². The summed E-state index contributed by atoms with van der Waals surface area (Å²) < 4.78 is 0. The van der Waals surface area contributed by atoms with E-state index in [0.717, 1.165) is 5.56 Å². The van der Waals surface area contributed by atoms with Crippen LogP contribution in [0.4, 0.5) is 0 Å². The van der Waals surface area contributed by atoms with Crippen molar-refractivity contribution in [2.75, 3.05) is 0 Å². The van der Waals surface area contributed by atoms with E-state index >= 15 is 0 Å². The van der Waals surface area contributed by atoms with Crippen molar-refractivity contribution in [3.05, 3.63) is 48.0 Å². The van der Waals surface area contributed by atoms with E-state index in [0.29, 0.717) is 6.54 Å². The summed E-state index contributed by atoms with van der Waals surface area (Å²) in [6.45, 7) is 5.34. The average molecular weight is 275 g/mol. The smallest absolute Gasteiger partial charge is 0.333 e. The van der Waals surface area contributed by atoms with Gasteiger partial charge in [-0.25, -0.2) is 4.79 Å². The molecule has 0 radical (unpaired) electrons. The van der Waals surface area contributed by atoms with E-state index in [-0.39, 0.29) is 11.5 Å². The Morgan fingerprint density at radius 2 is 2.00 bits per heavy atom. The van der Waals surface area contributed by atoms with Crippen molar-refractivity contribution in [3.8, 4) is 0 Å². The first-order valence-corrected chi connectivity index (χ1v) is 6.38. The second kappa shape index (κ2) is 5.46. The summed E-state index contributed by atoms with van der Waals surface area (Å²) in [7, 11) is 0. The number of carbonyl (C=O) groups excluding carboxylic acids is 1. The van der Waals surface area contributed by atoms with Gasteiger partial charge in [0.1, 0.15) is 0 Å². The number of amides is 1. The highest BCUT2D eigenvalue weighted by Crippen LogP contribution is 2.35. The Bertz CT molecular complexity index is 538. The monoisotopic (exact) mass is 275 g/mol. The van der Waals surface area contributed by atoms with Crippen LogP contribution in [0.2, 0.25) is 0 Å². The standard InChI is InChI=1S/C15H17NO4/c1-9(15(19)20)13-12(10(2)17)14(18)16(13)8-11-6-4-3-5-7-11/h3-7,10,12-13,17H,1,8H2,2H3,(H,19,20). The van der Waals surface area contributed by atoms with Gasteiger partial charge in [0.2, 0.25) is 5.91 Å². The minimum absolute atomic E-state index is 0.0635. The summed E-state index contributed by atoms with van der Waals surface area (Å²) in [5.74, 6) is -2.11.